The van der Waals surface area contributed by atoms with Crippen LogP contribution in [0.3, 0.4) is 0 Å². The van der Waals surface area contributed by atoms with Gasteiger partial charge in [0.05, 0.1) is 6.61 Å². The third-order valence-corrected chi connectivity index (χ3v) is 2.99. The van der Waals surface area contributed by atoms with Gasteiger partial charge in [0.1, 0.15) is 5.75 Å². The molecule has 2 heteroatoms. The van der Waals surface area contributed by atoms with E-state index in [-0.39, 0.29) is 6.04 Å². The predicted octanol–water partition coefficient (Wildman–Crippen LogP) is 3.64. The molecule has 2 nitrogen and oxygen atoms in total. The van der Waals surface area contributed by atoms with E-state index in [0.29, 0.717) is 6.61 Å². The summed E-state index contributed by atoms with van der Waals surface area (Å²) < 4.78 is 5.53. The van der Waals surface area contributed by atoms with Crippen molar-refractivity contribution in [1.29, 1.82) is 0 Å². The highest BCUT2D eigenvalue weighted by Crippen LogP contribution is 2.24. The maximum Gasteiger partial charge on any atom is 0.119 e. The number of ether oxygens (including phenoxy) is 1. The van der Waals surface area contributed by atoms with Crippen molar-refractivity contribution in [2.75, 3.05) is 6.61 Å². The molecule has 0 saturated carbocycles. The molecule has 0 aliphatic carbocycles. The molecule has 2 aromatic rings. The van der Waals surface area contributed by atoms with Crippen LogP contribution in [0, 0.1) is 0 Å². The van der Waals surface area contributed by atoms with Crippen LogP contribution in [-0.4, -0.2) is 12.6 Å². The van der Waals surface area contributed by atoms with Crippen LogP contribution in [0.4, 0.5) is 0 Å². The van der Waals surface area contributed by atoms with Gasteiger partial charge in [0, 0.05) is 6.04 Å². The molecule has 0 bridgehead atoms. The summed E-state index contributed by atoms with van der Waals surface area (Å²) in [5.74, 6) is 0.916. The second kappa shape index (κ2) is 6.39. The monoisotopic (exact) mass is 255 g/mol. The highest BCUT2D eigenvalue weighted by Gasteiger charge is 2.02. The van der Waals surface area contributed by atoms with Crippen molar-refractivity contribution in [3.8, 4) is 16.9 Å². The molecule has 100 valence electrons. The fourth-order valence-corrected chi connectivity index (χ4v) is 2.14. The second-order valence-electron chi connectivity index (χ2n) is 4.84. The Morgan fingerprint density at radius 3 is 2.42 bits per heavy atom. The summed E-state index contributed by atoms with van der Waals surface area (Å²) in [6, 6.07) is 17.0. The molecule has 0 aliphatic rings. The van der Waals surface area contributed by atoms with Crippen LogP contribution in [0.25, 0.3) is 11.1 Å². The standard InChI is InChI=1S/C17H21NO/c1-3-19-17-6-4-5-16(12-17)15-9-7-14(8-10-15)11-13(2)18/h4-10,12-13H,3,11,18H2,1-2H3. The first kappa shape index (κ1) is 13.6. The van der Waals surface area contributed by atoms with Gasteiger partial charge in [-0.15, -0.1) is 0 Å². The minimum atomic E-state index is 0.201. The van der Waals surface area contributed by atoms with Gasteiger partial charge in [-0.3, -0.25) is 0 Å². The predicted molar refractivity (Wildman–Crippen MR) is 80.4 cm³/mol. The summed E-state index contributed by atoms with van der Waals surface area (Å²) in [7, 11) is 0. The third kappa shape index (κ3) is 3.83. The first-order valence-corrected chi connectivity index (χ1v) is 6.77. The summed E-state index contributed by atoms with van der Waals surface area (Å²) in [6.45, 7) is 4.71. The normalized spacial score (nSPS) is 12.2. The van der Waals surface area contributed by atoms with Crippen molar-refractivity contribution in [1.82, 2.24) is 0 Å². The molecule has 0 saturated heterocycles. The molecule has 0 fully saturated rings. The van der Waals surface area contributed by atoms with E-state index in [0.717, 1.165) is 12.2 Å². The topological polar surface area (TPSA) is 35.2 Å². The lowest BCUT2D eigenvalue weighted by atomic mass is 10.0. The Morgan fingerprint density at radius 2 is 1.79 bits per heavy atom. The molecular weight excluding hydrogens is 234 g/mol. The minimum absolute atomic E-state index is 0.201. The zero-order valence-electron chi connectivity index (χ0n) is 11.6. The van der Waals surface area contributed by atoms with Crippen LogP contribution in [0.2, 0.25) is 0 Å². The fraction of sp³-hybridized carbons (Fsp3) is 0.294. The Morgan fingerprint density at radius 1 is 1.05 bits per heavy atom. The van der Waals surface area contributed by atoms with Crippen LogP contribution in [-0.2, 0) is 6.42 Å². The lowest BCUT2D eigenvalue weighted by Gasteiger charge is -2.08. The van der Waals surface area contributed by atoms with Gasteiger partial charge in [-0.05, 0) is 49.1 Å². The van der Waals surface area contributed by atoms with Crippen LogP contribution < -0.4 is 10.5 Å². The van der Waals surface area contributed by atoms with E-state index in [1.165, 1.54) is 16.7 Å². The van der Waals surface area contributed by atoms with Crippen LogP contribution in [0.1, 0.15) is 19.4 Å². The molecule has 0 aliphatic heterocycles. The molecule has 1 atom stereocenters. The summed E-state index contributed by atoms with van der Waals surface area (Å²) in [5.41, 5.74) is 9.47. The highest BCUT2D eigenvalue weighted by molar-refractivity contribution is 5.65. The average Bonchev–Trinajstić information content (AvgIpc) is 2.40. The van der Waals surface area contributed by atoms with Crippen LogP contribution in [0.15, 0.2) is 48.5 Å². The maximum atomic E-state index is 5.81. The Hall–Kier alpha value is -1.80. The van der Waals surface area contributed by atoms with Gasteiger partial charge < -0.3 is 10.5 Å². The van der Waals surface area contributed by atoms with Gasteiger partial charge in [-0.25, -0.2) is 0 Å². The molecular formula is C17H21NO. The summed E-state index contributed by atoms with van der Waals surface area (Å²) in [5, 5.41) is 0. The summed E-state index contributed by atoms with van der Waals surface area (Å²) in [6.07, 6.45) is 0.916. The third-order valence-electron chi connectivity index (χ3n) is 2.99. The molecule has 0 radical (unpaired) electrons. The molecule has 2 aromatic carbocycles. The SMILES string of the molecule is CCOc1cccc(-c2ccc(CC(C)N)cc2)c1. The number of hydrogen-bond donors (Lipinski definition) is 1. The minimum Gasteiger partial charge on any atom is -0.494 e. The van der Waals surface area contributed by atoms with E-state index in [1.807, 2.05) is 26.0 Å². The van der Waals surface area contributed by atoms with Gasteiger partial charge in [0.15, 0.2) is 0 Å². The van der Waals surface area contributed by atoms with E-state index in [1.54, 1.807) is 0 Å². The first-order chi connectivity index (χ1) is 9.19. The van der Waals surface area contributed by atoms with Gasteiger partial charge >= 0.3 is 0 Å². The largest absolute Gasteiger partial charge is 0.494 e. The summed E-state index contributed by atoms with van der Waals surface area (Å²) in [4.78, 5) is 0. The Balaban J connectivity index is 2.19. The van der Waals surface area contributed by atoms with Gasteiger partial charge in [-0.2, -0.15) is 0 Å². The maximum absolute atomic E-state index is 5.81. The van der Waals surface area contributed by atoms with Gasteiger partial charge in [0.25, 0.3) is 0 Å². The molecule has 0 spiro atoms. The molecule has 0 heterocycles. The van der Waals surface area contributed by atoms with Crippen molar-refractivity contribution in [2.24, 2.45) is 5.73 Å². The zero-order valence-corrected chi connectivity index (χ0v) is 11.6. The molecule has 2 N–H and O–H groups in total. The van der Waals surface area contributed by atoms with E-state index in [4.69, 9.17) is 10.5 Å². The van der Waals surface area contributed by atoms with E-state index < -0.39 is 0 Å². The fourth-order valence-electron chi connectivity index (χ4n) is 2.14. The number of benzene rings is 2. The number of nitrogens with two attached hydrogens (primary N) is 1. The van der Waals surface area contributed by atoms with Crippen molar-refractivity contribution >= 4 is 0 Å². The molecule has 1 unspecified atom stereocenters. The average molecular weight is 255 g/mol. The van der Waals surface area contributed by atoms with Gasteiger partial charge in [-0.1, -0.05) is 36.4 Å². The van der Waals surface area contributed by atoms with E-state index in [2.05, 4.69) is 36.4 Å². The number of hydrogen-bond acceptors (Lipinski definition) is 2. The lowest BCUT2D eigenvalue weighted by molar-refractivity contribution is 0.340. The molecule has 2 rings (SSSR count). The van der Waals surface area contributed by atoms with Crippen molar-refractivity contribution in [3.05, 3.63) is 54.1 Å². The number of rotatable bonds is 5. The first-order valence-electron chi connectivity index (χ1n) is 6.77. The second-order valence-corrected chi connectivity index (χ2v) is 4.84. The van der Waals surface area contributed by atoms with Crippen molar-refractivity contribution in [2.45, 2.75) is 26.3 Å². The summed E-state index contributed by atoms with van der Waals surface area (Å²) >= 11 is 0. The Bertz CT molecular complexity index is 517. The van der Waals surface area contributed by atoms with Crippen molar-refractivity contribution in [3.63, 3.8) is 0 Å². The Kier molecular flexibility index (Phi) is 4.58. The molecule has 19 heavy (non-hydrogen) atoms. The highest BCUT2D eigenvalue weighted by atomic mass is 16.5. The molecule has 0 aromatic heterocycles. The quantitative estimate of drug-likeness (QED) is 0.885. The van der Waals surface area contributed by atoms with E-state index >= 15 is 0 Å². The smallest absolute Gasteiger partial charge is 0.119 e. The molecule has 0 amide bonds. The Labute approximate surface area is 115 Å². The van der Waals surface area contributed by atoms with Crippen LogP contribution >= 0.6 is 0 Å². The van der Waals surface area contributed by atoms with Crippen molar-refractivity contribution < 1.29 is 4.74 Å². The lowest BCUT2D eigenvalue weighted by Crippen LogP contribution is -2.17. The van der Waals surface area contributed by atoms with Gasteiger partial charge in [0.2, 0.25) is 0 Å². The van der Waals surface area contributed by atoms with Crippen LogP contribution in [0.5, 0.6) is 5.75 Å². The van der Waals surface area contributed by atoms with E-state index in [9.17, 15) is 0 Å². The zero-order chi connectivity index (χ0) is 13.7.